The van der Waals surface area contributed by atoms with Gasteiger partial charge in [-0.1, -0.05) is 54.6 Å². The Morgan fingerprint density at radius 3 is 2.43 bits per heavy atom. The van der Waals surface area contributed by atoms with E-state index < -0.39 is 0 Å². The molecule has 1 nitrogen and oxygen atoms in total. The van der Waals surface area contributed by atoms with Crippen LogP contribution in [-0.4, -0.2) is 6.54 Å². The Kier molecular flexibility index (Phi) is 5.45. The van der Waals surface area contributed by atoms with Crippen LogP contribution >= 0.6 is 0 Å². The molecule has 0 unspecified atom stereocenters. The van der Waals surface area contributed by atoms with Gasteiger partial charge in [-0.05, 0) is 18.4 Å². The SMILES string of the molecule is NC/C=C/C=C/CCc1ccccc1. The number of nitrogens with two attached hydrogens (primary N) is 1. The van der Waals surface area contributed by atoms with Gasteiger partial charge in [-0.2, -0.15) is 0 Å². The summed E-state index contributed by atoms with van der Waals surface area (Å²) in [6.07, 6.45) is 10.3. The normalized spacial score (nSPS) is 11.5. The van der Waals surface area contributed by atoms with E-state index in [-0.39, 0.29) is 0 Å². The van der Waals surface area contributed by atoms with Gasteiger partial charge in [0.25, 0.3) is 0 Å². The van der Waals surface area contributed by atoms with Crippen LogP contribution in [0.3, 0.4) is 0 Å². The topological polar surface area (TPSA) is 26.0 Å². The van der Waals surface area contributed by atoms with E-state index in [0.29, 0.717) is 6.54 Å². The molecule has 0 atom stereocenters. The molecule has 0 aliphatic rings. The molecule has 74 valence electrons. The van der Waals surface area contributed by atoms with Gasteiger partial charge >= 0.3 is 0 Å². The molecule has 0 amide bonds. The summed E-state index contributed by atoms with van der Waals surface area (Å²) < 4.78 is 0. The van der Waals surface area contributed by atoms with Crippen molar-refractivity contribution >= 4 is 0 Å². The standard InChI is InChI=1S/C13H17N/c14-12-8-3-1-2-5-9-13-10-6-4-7-11-13/h1-4,6-8,10-11H,5,9,12,14H2/b2-1+,8-3+. The van der Waals surface area contributed by atoms with Gasteiger partial charge in [0.2, 0.25) is 0 Å². The van der Waals surface area contributed by atoms with Crippen molar-refractivity contribution < 1.29 is 0 Å². The zero-order valence-corrected chi connectivity index (χ0v) is 8.39. The number of hydrogen-bond donors (Lipinski definition) is 1. The van der Waals surface area contributed by atoms with E-state index in [0.717, 1.165) is 12.8 Å². The van der Waals surface area contributed by atoms with Crippen molar-refractivity contribution in [2.24, 2.45) is 5.73 Å². The molecule has 0 heterocycles. The van der Waals surface area contributed by atoms with Crippen LogP contribution < -0.4 is 5.73 Å². The molecule has 1 aromatic carbocycles. The average molecular weight is 187 g/mol. The Labute approximate surface area is 85.9 Å². The Morgan fingerprint density at radius 1 is 1.00 bits per heavy atom. The molecular formula is C13H17N. The van der Waals surface area contributed by atoms with Gasteiger partial charge in [-0.3, -0.25) is 0 Å². The molecule has 0 aliphatic carbocycles. The summed E-state index contributed by atoms with van der Waals surface area (Å²) in [4.78, 5) is 0. The summed E-state index contributed by atoms with van der Waals surface area (Å²) in [5.74, 6) is 0. The summed E-state index contributed by atoms with van der Waals surface area (Å²) in [6.45, 7) is 0.614. The zero-order valence-electron chi connectivity index (χ0n) is 8.39. The third-order valence-electron chi connectivity index (χ3n) is 1.96. The van der Waals surface area contributed by atoms with Crippen LogP contribution in [0.4, 0.5) is 0 Å². The molecule has 0 radical (unpaired) electrons. The molecule has 0 fully saturated rings. The van der Waals surface area contributed by atoms with Gasteiger partial charge in [-0.25, -0.2) is 0 Å². The lowest BCUT2D eigenvalue weighted by atomic mass is 10.1. The monoisotopic (exact) mass is 187 g/mol. The van der Waals surface area contributed by atoms with E-state index in [1.807, 2.05) is 18.2 Å². The second-order valence-corrected chi connectivity index (χ2v) is 3.12. The molecule has 14 heavy (non-hydrogen) atoms. The lowest BCUT2D eigenvalue weighted by molar-refractivity contribution is 1.00. The number of rotatable bonds is 5. The lowest BCUT2D eigenvalue weighted by Gasteiger charge is -1.95. The average Bonchev–Trinajstić information content (AvgIpc) is 2.25. The quantitative estimate of drug-likeness (QED) is 0.705. The van der Waals surface area contributed by atoms with Crippen molar-refractivity contribution in [2.45, 2.75) is 12.8 Å². The predicted octanol–water partition coefficient (Wildman–Crippen LogP) is 2.69. The Balaban J connectivity index is 2.22. The van der Waals surface area contributed by atoms with Gasteiger partial charge in [0, 0.05) is 6.54 Å². The summed E-state index contributed by atoms with van der Waals surface area (Å²) in [5, 5.41) is 0. The Hall–Kier alpha value is -1.34. The van der Waals surface area contributed by atoms with Gasteiger partial charge in [-0.15, -0.1) is 0 Å². The van der Waals surface area contributed by atoms with E-state index >= 15 is 0 Å². The minimum Gasteiger partial charge on any atom is -0.327 e. The number of hydrogen-bond acceptors (Lipinski definition) is 1. The molecule has 0 saturated heterocycles. The minimum absolute atomic E-state index is 0.614. The highest BCUT2D eigenvalue weighted by Crippen LogP contribution is 2.02. The molecule has 1 rings (SSSR count). The highest BCUT2D eigenvalue weighted by molar-refractivity contribution is 5.15. The van der Waals surface area contributed by atoms with Crippen LogP contribution in [0.15, 0.2) is 54.6 Å². The molecule has 0 bridgehead atoms. The maximum Gasteiger partial charge on any atom is 0.0109 e. The molecule has 1 heteroatoms. The van der Waals surface area contributed by atoms with Crippen LogP contribution in [0.5, 0.6) is 0 Å². The third-order valence-corrected chi connectivity index (χ3v) is 1.96. The highest BCUT2D eigenvalue weighted by Gasteiger charge is 1.86. The van der Waals surface area contributed by atoms with Crippen LogP contribution in [0.25, 0.3) is 0 Å². The Bertz CT molecular complexity index is 285. The maximum absolute atomic E-state index is 5.31. The fraction of sp³-hybridized carbons (Fsp3) is 0.231. The van der Waals surface area contributed by atoms with Crippen molar-refractivity contribution in [3.8, 4) is 0 Å². The van der Waals surface area contributed by atoms with Crippen molar-refractivity contribution in [2.75, 3.05) is 6.54 Å². The summed E-state index contributed by atoms with van der Waals surface area (Å²) >= 11 is 0. The van der Waals surface area contributed by atoms with E-state index in [1.54, 1.807) is 0 Å². The van der Waals surface area contributed by atoms with E-state index in [2.05, 4.69) is 36.4 Å². The first-order valence-electron chi connectivity index (χ1n) is 4.99. The first-order valence-corrected chi connectivity index (χ1v) is 4.99. The van der Waals surface area contributed by atoms with Crippen molar-refractivity contribution in [3.63, 3.8) is 0 Å². The maximum atomic E-state index is 5.31. The Morgan fingerprint density at radius 2 is 1.71 bits per heavy atom. The number of allylic oxidation sites excluding steroid dienone is 3. The van der Waals surface area contributed by atoms with Crippen LogP contribution in [0.1, 0.15) is 12.0 Å². The molecule has 2 N–H and O–H groups in total. The smallest absolute Gasteiger partial charge is 0.0109 e. The van der Waals surface area contributed by atoms with Crippen molar-refractivity contribution in [1.82, 2.24) is 0 Å². The van der Waals surface area contributed by atoms with Gasteiger partial charge in [0.05, 0.1) is 0 Å². The predicted molar refractivity (Wildman–Crippen MR) is 62.1 cm³/mol. The third kappa shape index (κ3) is 4.63. The minimum atomic E-state index is 0.614. The lowest BCUT2D eigenvalue weighted by Crippen LogP contribution is -1.91. The van der Waals surface area contributed by atoms with Crippen LogP contribution in [0.2, 0.25) is 0 Å². The molecule has 0 saturated carbocycles. The molecule has 0 aliphatic heterocycles. The van der Waals surface area contributed by atoms with Crippen molar-refractivity contribution in [3.05, 3.63) is 60.2 Å². The first-order chi connectivity index (χ1) is 6.93. The molecule has 1 aromatic rings. The number of aryl methyl sites for hydroxylation is 1. The van der Waals surface area contributed by atoms with Gasteiger partial charge < -0.3 is 5.73 Å². The summed E-state index contributed by atoms with van der Waals surface area (Å²) in [7, 11) is 0. The fourth-order valence-electron chi connectivity index (χ4n) is 1.23. The van der Waals surface area contributed by atoms with E-state index in [1.165, 1.54) is 5.56 Å². The van der Waals surface area contributed by atoms with Crippen molar-refractivity contribution in [1.29, 1.82) is 0 Å². The van der Waals surface area contributed by atoms with E-state index in [9.17, 15) is 0 Å². The zero-order chi connectivity index (χ0) is 10.1. The van der Waals surface area contributed by atoms with Crippen LogP contribution in [-0.2, 0) is 6.42 Å². The largest absolute Gasteiger partial charge is 0.327 e. The number of benzene rings is 1. The summed E-state index contributed by atoms with van der Waals surface area (Å²) in [6, 6.07) is 10.5. The fourth-order valence-corrected chi connectivity index (χ4v) is 1.23. The molecule has 0 aromatic heterocycles. The highest BCUT2D eigenvalue weighted by atomic mass is 14.5. The second kappa shape index (κ2) is 7.10. The molecule has 0 spiro atoms. The summed E-state index contributed by atoms with van der Waals surface area (Å²) in [5.41, 5.74) is 6.70. The molecular weight excluding hydrogens is 170 g/mol. The second-order valence-electron chi connectivity index (χ2n) is 3.12. The first kappa shape index (κ1) is 10.7. The van der Waals surface area contributed by atoms with Gasteiger partial charge in [0.15, 0.2) is 0 Å². The van der Waals surface area contributed by atoms with E-state index in [4.69, 9.17) is 5.73 Å². The van der Waals surface area contributed by atoms with Gasteiger partial charge in [0.1, 0.15) is 0 Å². The van der Waals surface area contributed by atoms with Crippen LogP contribution in [0, 0.1) is 0 Å².